The van der Waals surface area contributed by atoms with Crippen LogP contribution in [-0.4, -0.2) is 52.8 Å². The van der Waals surface area contributed by atoms with Crippen LogP contribution in [0.15, 0.2) is 30.3 Å². The second kappa shape index (κ2) is 6.73. The topological polar surface area (TPSA) is 62.7 Å². The van der Waals surface area contributed by atoms with E-state index in [1.165, 1.54) is 0 Å². The Morgan fingerprint density at radius 2 is 2.16 bits per heavy atom. The summed E-state index contributed by atoms with van der Waals surface area (Å²) < 4.78 is 5.56. The van der Waals surface area contributed by atoms with E-state index >= 15 is 0 Å². The van der Waals surface area contributed by atoms with Gasteiger partial charge in [-0.2, -0.15) is 0 Å². The van der Waals surface area contributed by atoms with Gasteiger partial charge in [-0.05, 0) is 50.5 Å². The number of aromatic nitrogens is 1. The van der Waals surface area contributed by atoms with Crippen molar-refractivity contribution in [3.05, 3.63) is 41.6 Å². The highest BCUT2D eigenvalue weighted by Gasteiger charge is 2.39. The maximum Gasteiger partial charge on any atom is 0.254 e. The van der Waals surface area contributed by atoms with Crippen molar-refractivity contribution in [1.29, 1.82) is 0 Å². The van der Waals surface area contributed by atoms with Crippen molar-refractivity contribution in [3.63, 3.8) is 0 Å². The quantitative estimate of drug-likeness (QED) is 0.913. The molecular formula is C20H24N2O3. The number of carbonyl (C=O) groups is 1. The average molecular weight is 340 g/mol. The Kier molecular flexibility index (Phi) is 4.44. The number of aliphatic hydroxyl groups is 1. The molecule has 2 aliphatic heterocycles. The van der Waals surface area contributed by atoms with Gasteiger partial charge in [0.15, 0.2) is 0 Å². The molecule has 1 aromatic carbocycles. The molecule has 1 aromatic heterocycles. The predicted molar refractivity (Wildman–Crippen MR) is 95.5 cm³/mol. The fourth-order valence-corrected chi connectivity index (χ4v) is 4.13. The van der Waals surface area contributed by atoms with Crippen molar-refractivity contribution in [1.82, 2.24) is 9.88 Å². The summed E-state index contributed by atoms with van der Waals surface area (Å²) in [6.45, 7) is 3.85. The van der Waals surface area contributed by atoms with Crippen LogP contribution in [0.5, 0.6) is 0 Å². The van der Waals surface area contributed by atoms with E-state index in [4.69, 9.17) is 4.74 Å². The number of benzene rings is 1. The molecule has 2 fully saturated rings. The molecule has 2 saturated heterocycles. The Balaban J connectivity index is 1.59. The molecule has 2 aromatic rings. The molecule has 3 unspecified atom stereocenters. The number of nitrogens with zero attached hydrogens (tertiary/aromatic N) is 2. The fourth-order valence-electron chi connectivity index (χ4n) is 4.13. The van der Waals surface area contributed by atoms with Crippen LogP contribution in [-0.2, 0) is 4.74 Å². The Labute approximate surface area is 147 Å². The summed E-state index contributed by atoms with van der Waals surface area (Å²) in [5.74, 6) is 0.0627. The van der Waals surface area contributed by atoms with Gasteiger partial charge in [0.05, 0.1) is 18.2 Å². The molecule has 4 rings (SSSR count). The second-order valence-corrected chi connectivity index (χ2v) is 7.16. The standard InChI is InChI=1S/C20H24N2O3/c1-13-4-5-14-11-15(6-7-17(14)21-13)20(24)22-9-2-3-18(22)16-12-25-10-8-19(16)23/h4-7,11,16,18-19,23H,2-3,8-10,12H2,1H3. The van der Waals surface area contributed by atoms with Gasteiger partial charge < -0.3 is 14.7 Å². The van der Waals surface area contributed by atoms with Gasteiger partial charge >= 0.3 is 0 Å². The third-order valence-electron chi connectivity index (χ3n) is 5.49. The number of aliphatic hydroxyl groups excluding tert-OH is 1. The SMILES string of the molecule is Cc1ccc2cc(C(=O)N3CCCC3C3COCCC3O)ccc2n1. The maximum atomic E-state index is 13.1. The lowest BCUT2D eigenvalue weighted by atomic mass is 9.89. The van der Waals surface area contributed by atoms with E-state index in [0.29, 0.717) is 25.2 Å². The highest BCUT2D eigenvalue weighted by molar-refractivity contribution is 5.98. The molecular weight excluding hydrogens is 316 g/mol. The van der Waals surface area contributed by atoms with Crippen LogP contribution in [0.3, 0.4) is 0 Å². The first-order valence-corrected chi connectivity index (χ1v) is 9.08. The zero-order chi connectivity index (χ0) is 17.4. The molecule has 1 N–H and O–H groups in total. The van der Waals surface area contributed by atoms with E-state index in [1.54, 1.807) is 0 Å². The third kappa shape index (κ3) is 3.14. The molecule has 0 bridgehead atoms. The number of likely N-dealkylation sites (tertiary alicyclic amines) is 1. The molecule has 0 radical (unpaired) electrons. The van der Waals surface area contributed by atoms with Gasteiger partial charge in [-0.3, -0.25) is 9.78 Å². The fraction of sp³-hybridized carbons (Fsp3) is 0.500. The molecule has 3 atom stereocenters. The molecule has 132 valence electrons. The van der Waals surface area contributed by atoms with Crippen molar-refractivity contribution in [2.45, 2.75) is 38.3 Å². The highest BCUT2D eigenvalue weighted by Crippen LogP contribution is 2.31. The van der Waals surface area contributed by atoms with Crippen molar-refractivity contribution in [2.24, 2.45) is 5.92 Å². The number of hydrogen-bond donors (Lipinski definition) is 1. The Morgan fingerprint density at radius 3 is 3.00 bits per heavy atom. The van der Waals surface area contributed by atoms with Gasteiger partial charge in [0.1, 0.15) is 0 Å². The minimum absolute atomic E-state index is 0.0185. The largest absolute Gasteiger partial charge is 0.393 e. The van der Waals surface area contributed by atoms with Crippen LogP contribution in [0.1, 0.15) is 35.3 Å². The number of aryl methyl sites for hydroxylation is 1. The van der Waals surface area contributed by atoms with Crippen molar-refractivity contribution < 1.29 is 14.6 Å². The van der Waals surface area contributed by atoms with E-state index in [0.717, 1.165) is 36.0 Å². The van der Waals surface area contributed by atoms with E-state index < -0.39 is 0 Å². The van der Waals surface area contributed by atoms with Gasteiger partial charge in [-0.15, -0.1) is 0 Å². The predicted octanol–water partition coefficient (Wildman–Crippen LogP) is 2.55. The summed E-state index contributed by atoms with van der Waals surface area (Å²) in [7, 11) is 0. The first kappa shape index (κ1) is 16.5. The average Bonchev–Trinajstić information content (AvgIpc) is 3.10. The van der Waals surface area contributed by atoms with Crippen LogP contribution in [0.4, 0.5) is 0 Å². The minimum Gasteiger partial charge on any atom is -0.393 e. The molecule has 2 aliphatic rings. The van der Waals surface area contributed by atoms with E-state index in [1.807, 2.05) is 42.2 Å². The summed E-state index contributed by atoms with van der Waals surface area (Å²) >= 11 is 0. The van der Waals surface area contributed by atoms with Crippen LogP contribution in [0, 0.1) is 12.8 Å². The minimum atomic E-state index is -0.379. The van der Waals surface area contributed by atoms with Gasteiger partial charge in [-0.25, -0.2) is 0 Å². The lowest BCUT2D eigenvalue weighted by molar-refractivity contribution is -0.0589. The molecule has 0 saturated carbocycles. The first-order valence-electron chi connectivity index (χ1n) is 9.08. The van der Waals surface area contributed by atoms with Gasteiger partial charge in [0.2, 0.25) is 0 Å². The highest BCUT2D eigenvalue weighted by atomic mass is 16.5. The van der Waals surface area contributed by atoms with Gasteiger partial charge in [0.25, 0.3) is 5.91 Å². The van der Waals surface area contributed by atoms with Gasteiger partial charge in [0, 0.05) is 41.8 Å². The maximum absolute atomic E-state index is 13.1. The Hall–Kier alpha value is -1.98. The third-order valence-corrected chi connectivity index (χ3v) is 5.49. The zero-order valence-corrected chi connectivity index (χ0v) is 14.5. The Morgan fingerprint density at radius 1 is 1.28 bits per heavy atom. The smallest absolute Gasteiger partial charge is 0.254 e. The number of fused-ring (bicyclic) bond motifs is 1. The summed E-state index contributed by atoms with van der Waals surface area (Å²) in [4.78, 5) is 19.5. The van der Waals surface area contributed by atoms with Crippen LogP contribution in [0.2, 0.25) is 0 Å². The zero-order valence-electron chi connectivity index (χ0n) is 14.5. The molecule has 0 aliphatic carbocycles. The van der Waals surface area contributed by atoms with Crippen LogP contribution in [0.25, 0.3) is 10.9 Å². The molecule has 5 nitrogen and oxygen atoms in total. The molecule has 0 spiro atoms. The number of carbonyl (C=O) groups excluding carboxylic acids is 1. The number of hydrogen-bond acceptors (Lipinski definition) is 4. The second-order valence-electron chi connectivity index (χ2n) is 7.16. The summed E-state index contributed by atoms with van der Waals surface area (Å²) in [5.41, 5.74) is 2.57. The summed E-state index contributed by atoms with van der Waals surface area (Å²) in [6.07, 6.45) is 2.19. The lowest BCUT2D eigenvalue weighted by Crippen LogP contribution is -2.48. The van der Waals surface area contributed by atoms with E-state index in [2.05, 4.69) is 4.98 Å². The first-order chi connectivity index (χ1) is 12.1. The number of pyridine rings is 1. The summed E-state index contributed by atoms with van der Waals surface area (Å²) in [5, 5.41) is 11.3. The van der Waals surface area contributed by atoms with Crippen LogP contribution >= 0.6 is 0 Å². The number of amides is 1. The van der Waals surface area contributed by atoms with Crippen molar-refractivity contribution in [3.8, 4) is 0 Å². The Bertz CT molecular complexity index is 792. The monoisotopic (exact) mass is 340 g/mol. The lowest BCUT2D eigenvalue weighted by Gasteiger charge is -2.37. The van der Waals surface area contributed by atoms with Crippen molar-refractivity contribution >= 4 is 16.8 Å². The number of rotatable bonds is 2. The summed E-state index contributed by atoms with van der Waals surface area (Å²) in [6, 6.07) is 9.74. The number of ether oxygens (including phenoxy) is 1. The normalized spacial score (nSPS) is 27.0. The molecule has 1 amide bonds. The van der Waals surface area contributed by atoms with E-state index in [9.17, 15) is 9.90 Å². The van der Waals surface area contributed by atoms with E-state index in [-0.39, 0.29) is 24.0 Å². The van der Waals surface area contributed by atoms with Crippen molar-refractivity contribution in [2.75, 3.05) is 19.8 Å². The molecule has 3 heterocycles. The van der Waals surface area contributed by atoms with Gasteiger partial charge in [-0.1, -0.05) is 6.07 Å². The molecule has 5 heteroatoms. The molecule has 25 heavy (non-hydrogen) atoms. The van der Waals surface area contributed by atoms with Crippen LogP contribution < -0.4 is 0 Å².